The number of benzene rings is 8. The van der Waals surface area contributed by atoms with E-state index in [9.17, 15) is 87.8 Å². The van der Waals surface area contributed by atoms with E-state index in [4.69, 9.17) is 28.6 Å². The van der Waals surface area contributed by atoms with Crippen molar-refractivity contribution in [2.45, 2.75) is 181 Å². The molecule has 0 aliphatic carbocycles. The van der Waals surface area contributed by atoms with Gasteiger partial charge in [0.15, 0.2) is 0 Å². The Bertz CT molecular complexity index is 5730. The van der Waals surface area contributed by atoms with Crippen LogP contribution in [-0.2, 0) is 40.3 Å². The van der Waals surface area contributed by atoms with Gasteiger partial charge in [0.1, 0.15) is 26.4 Å². The van der Waals surface area contributed by atoms with E-state index in [0.29, 0.717) is 56.0 Å². The van der Waals surface area contributed by atoms with Crippen LogP contribution in [0.5, 0.6) is 0 Å². The molecule has 0 atom stereocenters. The van der Waals surface area contributed by atoms with Crippen LogP contribution in [-0.4, -0.2) is 110 Å². The minimum atomic E-state index is -6.18. The highest BCUT2D eigenvalue weighted by Crippen LogP contribution is 2.47. The number of nitrogens with zero attached hydrogens (tertiary/aromatic N) is 4. The summed E-state index contributed by atoms with van der Waals surface area (Å²) in [5.41, 5.74) is 13.4. The van der Waals surface area contributed by atoms with Gasteiger partial charge in [0.05, 0.1) is 22.8 Å². The average molecular weight is 1790 g/mol. The Balaban J connectivity index is 0.000000248. The summed E-state index contributed by atoms with van der Waals surface area (Å²) < 4.78 is 303. The lowest BCUT2D eigenvalue weighted by Crippen LogP contribution is -2.48. The van der Waals surface area contributed by atoms with Crippen LogP contribution in [0.2, 0.25) is 0 Å². The molecule has 2 aliphatic rings. The van der Waals surface area contributed by atoms with Crippen molar-refractivity contribution in [1.29, 1.82) is 0 Å². The molecule has 30 heteroatoms. The van der Waals surface area contributed by atoms with Crippen LogP contribution >= 0.6 is 0 Å². The molecule has 0 radical (unpaired) electrons. The predicted octanol–water partition coefficient (Wildman–Crippen LogP) is 28.4. The number of alkyl halides is 20. The lowest BCUT2D eigenvalue weighted by molar-refractivity contribution is -0.296. The quantitative estimate of drug-likeness (QED) is 0.0446. The normalized spacial score (nSPS) is 14.9. The monoisotopic (exact) mass is 1790 g/mol. The van der Waals surface area contributed by atoms with E-state index >= 15 is 0 Å². The summed E-state index contributed by atoms with van der Waals surface area (Å²) in [6, 6.07) is 60.5. The fraction of sp³-hybridized carbons (Fsp3) is 0.327. The molecule has 12 rings (SSSR count). The van der Waals surface area contributed by atoms with Gasteiger partial charge in [0.25, 0.3) is 0 Å². The summed E-state index contributed by atoms with van der Waals surface area (Å²) in [6.45, 7) is 21.6. The minimum Gasteiger partial charge on any atom is -0.385 e. The third-order valence-corrected chi connectivity index (χ3v) is 21.6. The van der Waals surface area contributed by atoms with Crippen molar-refractivity contribution in [3.05, 3.63) is 308 Å². The van der Waals surface area contributed by atoms with Crippen LogP contribution in [0.25, 0.3) is 68.1 Å². The highest BCUT2D eigenvalue weighted by Gasteiger charge is 2.62. The SMILES string of the molecule is Cc1ccc(C2=CC(c3ccc(C(C)(C)C)cc3)=N/C2=C\c2c(-c3ccc(C)cc3)cc(-c3ccc(C(C)(C)C)cc3)n2B(OCC(F)(F)C(F)(F)F)OCC(F)(F)C(F)(F)F)cc1.Cc1ccc(C2=N/C(=C\c3c(-c4ccc(C(C)(C)C)cc4)cc(-c4ccc(C)cc4)n3B(OCC(F)(F)C(F)(F)F)OCC(F)(F)C(F)(F)F)C(c3ccc(C(C)(C)C)cc3)=C2)cc1. The molecule has 2 aromatic heterocycles. The molecule has 0 fully saturated rings. The summed E-state index contributed by atoms with van der Waals surface area (Å²) in [7, 11) is -5.43. The van der Waals surface area contributed by atoms with E-state index in [1.54, 1.807) is 91.9 Å². The second-order valence-corrected chi connectivity index (χ2v) is 36.0. The van der Waals surface area contributed by atoms with Crippen molar-refractivity contribution in [3.63, 3.8) is 0 Å². The number of aromatic nitrogens is 2. The van der Waals surface area contributed by atoms with E-state index in [2.05, 4.69) is 20.8 Å². The van der Waals surface area contributed by atoms with E-state index in [1.807, 2.05) is 204 Å². The number of hydrogen-bond donors (Lipinski definition) is 0. The predicted molar refractivity (Wildman–Crippen MR) is 465 cm³/mol. The highest BCUT2D eigenvalue weighted by atomic mass is 19.4. The fourth-order valence-corrected chi connectivity index (χ4v) is 13.8. The van der Waals surface area contributed by atoms with Gasteiger partial charge in [-0.2, -0.15) is 87.8 Å². The Hall–Kier alpha value is -10.8. The smallest absolute Gasteiger partial charge is 0.385 e. The molecule has 128 heavy (non-hydrogen) atoms. The Morgan fingerprint density at radius 1 is 0.273 bits per heavy atom. The molecule has 2 aliphatic heterocycles. The number of hydrogen-bond acceptors (Lipinski definition) is 6. The van der Waals surface area contributed by atoms with Crippen LogP contribution in [0.4, 0.5) is 87.8 Å². The Labute approximate surface area is 731 Å². The fourth-order valence-electron chi connectivity index (χ4n) is 13.8. The van der Waals surface area contributed by atoms with E-state index < -0.39 is 89.3 Å². The minimum absolute atomic E-state index is 0.0284. The number of aryl methyl sites for hydroxylation is 4. The highest BCUT2D eigenvalue weighted by molar-refractivity contribution is 6.45. The standard InChI is InChI=1S/2C49H47BF10N2O2/c1-30-9-13-34(14-10-30)40-25-38(32-17-21-36(22-18-32)44(3,4)5)41(61-40)27-43-39(33-19-23-37(24-20-33)45(6,7)8)26-42(35-15-11-31(2)12-16-35)62(43)50(63-28-46(51,52)48(55,56)57)64-29-47(53,54)49(58,59)60;1-30-9-13-32(14-10-30)38-25-40(34-17-21-36(22-18-34)44(3,4)5)61-41(38)27-43-39(33-15-11-31(2)12-16-33)26-42(35-19-23-37(24-20-35)45(6,7)8)62(43)50(63-28-46(51,52)48(55,56)57)64-29-47(53,54)49(58,59)60/h2*9-27H,28-29H2,1-8H3/b2*41-27-. The largest absolute Gasteiger partial charge is 0.598 e. The van der Waals surface area contributed by atoms with Crippen molar-refractivity contribution in [2.24, 2.45) is 9.98 Å². The van der Waals surface area contributed by atoms with Crippen molar-refractivity contribution in [2.75, 3.05) is 26.4 Å². The maximum absolute atomic E-state index is 14.7. The molecule has 676 valence electrons. The van der Waals surface area contributed by atoms with Gasteiger partial charge in [-0.1, -0.05) is 299 Å². The first-order chi connectivity index (χ1) is 59.1. The molecule has 0 saturated carbocycles. The lowest BCUT2D eigenvalue weighted by atomic mass is 9.86. The van der Waals surface area contributed by atoms with Gasteiger partial charge in [-0.15, -0.1) is 0 Å². The molecule has 10 aromatic rings. The van der Waals surface area contributed by atoms with Crippen LogP contribution in [0, 0.1) is 27.7 Å². The van der Waals surface area contributed by atoms with Crippen molar-refractivity contribution >= 4 is 49.2 Å². The van der Waals surface area contributed by atoms with Gasteiger partial charge in [0, 0.05) is 56.2 Å². The van der Waals surface area contributed by atoms with Gasteiger partial charge in [-0.05, 0) is 141 Å². The summed E-state index contributed by atoms with van der Waals surface area (Å²) in [4.78, 5) is 9.96. The third kappa shape index (κ3) is 22.7. The lowest BCUT2D eigenvalue weighted by Gasteiger charge is -2.26. The molecule has 8 nitrogen and oxygen atoms in total. The molecule has 0 unspecified atom stereocenters. The van der Waals surface area contributed by atoms with E-state index in [-0.39, 0.29) is 78.1 Å². The summed E-state index contributed by atoms with van der Waals surface area (Å²) in [5.74, 6) is -22.3. The maximum atomic E-state index is 14.7. The van der Waals surface area contributed by atoms with Crippen molar-refractivity contribution < 1.29 is 106 Å². The Kier molecular flexibility index (Phi) is 28.0. The zero-order valence-electron chi connectivity index (χ0n) is 72.9. The molecule has 0 saturated heterocycles. The number of aliphatic imine (C=N–C) groups is 2. The van der Waals surface area contributed by atoms with E-state index in [1.165, 1.54) is 24.3 Å². The molecular formula is C98H94B2F20N4O4. The first-order valence-corrected chi connectivity index (χ1v) is 40.6. The Morgan fingerprint density at radius 3 is 0.719 bits per heavy atom. The second-order valence-electron chi connectivity index (χ2n) is 36.0. The Morgan fingerprint density at radius 2 is 0.477 bits per heavy atom. The molecule has 0 N–H and O–H groups in total. The summed E-state index contributed by atoms with van der Waals surface area (Å²) in [6.07, 6.45) is -18.2. The summed E-state index contributed by atoms with van der Waals surface area (Å²) in [5, 5.41) is 0. The maximum Gasteiger partial charge on any atom is 0.598 e. The van der Waals surface area contributed by atoms with Gasteiger partial charge < -0.3 is 27.6 Å². The molecule has 4 heterocycles. The molecule has 0 amide bonds. The zero-order valence-corrected chi connectivity index (χ0v) is 72.9. The second kappa shape index (κ2) is 36.6. The van der Waals surface area contributed by atoms with Gasteiger partial charge in [0.2, 0.25) is 0 Å². The zero-order chi connectivity index (χ0) is 94.4. The molecular weight excluding hydrogens is 1700 g/mol. The van der Waals surface area contributed by atoms with E-state index in [0.717, 1.165) is 53.5 Å². The molecule has 0 spiro atoms. The number of rotatable bonds is 24. The van der Waals surface area contributed by atoms with Crippen LogP contribution in [0.1, 0.15) is 161 Å². The number of halogens is 20. The average Bonchev–Trinajstić information content (AvgIpc) is 1.60. The van der Waals surface area contributed by atoms with Gasteiger partial charge in [-0.25, -0.2) is 9.98 Å². The first-order valence-electron chi connectivity index (χ1n) is 40.6. The molecule has 8 aromatic carbocycles. The van der Waals surface area contributed by atoms with Crippen LogP contribution in [0.3, 0.4) is 0 Å². The number of allylic oxidation sites excluding steroid dienone is 4. The van der Waals surface area contributed by atoms with Crippen LogP contribution < -0.4 is 0 Å². The van der Waals surface area contributed by atoms with Crippen molar-refractivity contribution in [3.8, 4) is 44.8 Å². The van der Waals surface area contributed by atoms with Gasteiger partial charge >= 0.3 is 62.9 Å². The van der Waals surface area contributed by atoms with Crippen molar-refractivity contribution in [1.82, 2.24) is 8.96 Å². The third-order valence-electron chi connectivity index (χ3n) is 21.6. The van der Waals surface area contributed by atoms with Gasteiger partial charge in [-0.3, -0.25) is 0 Å². The topological polar surface area (TPSA) is 71.5 Å². The molecule has 0 bridgehead atoms. The first kappa shape index (κ1) is 97.8. The summed E-state index contributed by atoms with van der Waals surface area (Å²) >= 11 is 0. The van der Waals surface area contributed by atoms with Crippen LogP contribution in [0.15, 0.2) is 240 Å².